The molecular weight excluding hydrogens is 296 g/mol. The number of hydrogen-bond donors (Lipinski definition) is 2. The minimum Gasteiger partial charge on any atom is -0.493 e. The molecule has 0 spiro atoms. The Labute approximate surface area is 125 Å². The number of rotatable bonds is 5. The molecule has 0 saturated carbocycles. The maximum Gasteiger partial charge on any atom is 0.285 e. The molecule has 0 aliphatic heterocycles. The van der Waals surface area contributed by atoms with Crippen LogP contribution in [0.3, 0.4) is 0 Å². The van der Waals surface area contributed by atoms with Gasteiger partial charge >= 0.3 is 0 Å². The molecular formula is C13H13ClN4O3. The Kier molecular flexibility index (Phi) is 4.78. The molecule has 7 nitrogen and oxygen atoms in total. The zero-order valence-corrected chi connectivity index (χ0v) is 12.1. The largest absolute Gasteiger partial charge is 0.493 e. The van der Waals surface area contributed by atoms with Crippen LogP contribution in [0.15, 0.2) is 34.3 Å². The number of hydrazone groups is 1. The van der Waals surface area contributed by atoms with Crippen LogP contribution in [0.4, 0.5) is 5.69 Å². The Morgan fingerprint density at radius 1 is 1.33 bits per heavy atom. The molecule has 2 rings (SSSR count). The number of ether oxygens (including phenoxy) is 2. The van der Waals surface area contributed by atoms with Crippen LogP contribution in [-0.4, -0.2) is 30.6 Å². The highest BCUT2D eigenvalue weighted by Gasteiger charge is 2.04. The lowest BCUT2D eigenvalue weighted by molar-refractivity contribution is 0.355. The van der Waals surface area contributed by atoms with E-state index >= 15 is 0 Å². The quantitative estimate of drug-likeness (QED) is 0.650. The molecule has 0 atom stereocenters. The van der Waals surface area contributed by atoms with Gasteiger partial charge in [0.15, 0.2) is 11.5 Å². The van der Waals surface area contributed by atoms with Gasteiger partial charge in [0.25, 0.3) is 5.56 Å². The summed E-state index contributed by atoms with van der Waals surface area (Å²) in [7, 11) is 3.12. The molecule has 1 aromatic carbocycles. The van der Waals surface area contributed by atoms with Crippen LogP contribution in [0.1, 0.15) is 5.56 Å². The van der Waals surface area contributed by atoms with E-state index < -0.39 is 5.56 Å². The molecule has 0 bridgehead atoms. The molecule has 2 N–H and O–H groups in total. The highest BCUT2D eigenvalue weighted by Crippen LogP contribution is 2.26. The SMILES string of the molecule is COc1ccc(/C=N\Nc2cn[nH]c(=O)c2Cl)cc1OC. The Hall–Kier alpha value is -2.54. The highest BCUT2D eigenvalue weighted by molar-refractivity contribution is 6.32. The van der Waals surface area contributed by atoms with E-state index in [1.165, 1.54) is 6.20 Å². The molecule has 0 aliphatic carbocycles. The van der Waals surface area contributed by atoms with Gasteiger partial charge in [-0.3, -0.25) is 10.2 Å². The average molecular weight is 309 g/mol. The lowest BCUT2D eigenvalue weighted by Crippen LogP contribution is -2.10. The number of nitrogens with one attached hydrogen (secondary N) is 2. The molecule has 1 heterocycles. The smallest absolute Gasteiger partial charge is 0.285 e. The van der Waals surface area contributed by atoms with Gasteiger partial charge in [-0.25, -0.2) is 5.10 Å². The molecule has 0 saturated heterocycles. The molecule has 21 heavy (non-hydrogen) atoms. The standard InChI is InChI=1S/C13H13ClN4O3/c1-20-10-4-3-8(5-11(10)21-2)6-15-17-9-7-16-18-13(19)12(9)14/h3-7H,1-2H3,(H2,17,18,19)/b15-6-. The van der Waals surface area contributed by atoms with Crippen molar-refractivity contribution in [2.24, 2.45) is 5.10 Å². The van der Waals surface area contributed by atoms with Crippen LogP contribution < -0.4 is 20.5 Å². The molecule has 0 amide bonds. The first-order valence-electron chi connectivity index (χ1n) is 5.90. The van der Waals surface area contributed by atoms with E-state index in [2.05, 4.69) is 20.7 Å². The summed E-state index contributed by atoms with van der Waals surface area (Å²) in [4.78, 5) is 11.3. The molecule has 0 aliphatic rings. The predicted octanol–water partition coefficient (Wildman–Crippen LogP) is 1.89. The summed E-state index contributed by atoms with van der Waals surface area (Å²) >= 11 is 5.81. The van der Waals surface area contributed by atoms with Gasteiger partial charge in [0.05, 0.1) is 26.6 Å². The van der Waals surface area contributed by atoms with Crippen molar-refractivity contribution in [3.8, 4) is 11.5 Å². The fourth-order valence-electron chi connectivity index (χ4n) is 1.57. The second-order valence-corrected chi connectivity index (χ2v) is 4.29. The van der Waals surface area contributed by atoms with Crippen molar-refractivity contribution in [3.05, 3.63) is 45.3 Å². The van der Waals surface area contributed by atoms with Crippen LogP contribution in [0.2, 0.25) is 5.02 Å². The van der Waals surface area contributed by atoms with Gasteiger partial charge in [-0.2, -0.15) is 10.2 Å². The summed E-state index contributed by atoms with van der Waals surface area (Å²) in [6, 6.07) is 5.34. The van der Waals surface area contributed by atoms with E-state index in [1.54, 1.807) is 32.6 Å². The Bertz CT molecular complexity index is 715. The number of halogens is 1. The first-order chi connectivity index (χ1) is 10.2. The van der Waals surface area contributed by atoms with Crippen molar-refractivity contribution in [2.75, 3.05) is 19.6 Å². The lowest BCUT2D eigenvalue weighted by atomic mass is 10.2. The van der Waals surface area contributed by atoms with Crippen molar-refractivity contribution >= 4 is 23.5 Å². The van der Waals surface area contributed by atoms with Crippen molar-refractivity contribution in [3.63, 3.8) is 0 Å². The molecule has 1 aromatic heterocycles. The Balaban J connectivity index is 2.14. The molecule has 8 heteroatoms. The van der Waals surface area contributed by atoms with Crippen molar-refractivity contribution in [1.29, 1.82) is 0 Å². The van der Waals surface area contributed by atoms with Crippen LogP contribution in [0, 0.1) is 0 Å². The van der Waals surface area contributed by atoms with E-state index in [0.717, 1.165) is 5.56 Å². The Morgan fingerprint density at radius 3 is 2.81 bits per heavy atom. The van der Waals surface area contributed by atoms with Gasteiger partial charge in [0.2, 0.25) is 0 Å². The summed E-state index contributed by atoms with van der Waals surface area (Å²) in [5.41, 5.74) is 3.27. The number of methoxy groups -OCH3 is 2. The first kappa shape index (κ1) is 14.9. The first-order valence-corrected chi connectivity index (χ1v) is 6.27. The van der Waals surface area contributed by atoms with Crippen LogP contribution in [0.5, 0.6) is 11.5 Å². The number of H-pyrrole nitrogens is 1. The average Bonchev–Trinajstić information content (AvgIpc) is 2.51. The molecule has 0 unspecified atom stereocenters. The van der Waals surface area contributed by atoms with Crippen LogP contribution in [0.25, 0.3) is 0 Å². The van der Waals surface area contributed by atoms with E-state index in [4.69, 9.17) is 21.1 Å². The number of benzene rings is 1. The van der Waals surface area contributed by atoms with E-state index in [9.17, 15) is 4.79 Å². The van der Waals surface area contributed by atoms with Gasteiger partial charge in [0.1, 0.15) is 10.7 Å². The van der Waals surface area contributed by atoms with Gasteiger partial charge in [0, 0.05) is 0 Å². The summed E-state index contributed by atoms with van der Waals surface area (Å²) < 4.78 is 10.3. The van der Waals surface area contributed by atoms with Crippen LogP contribution >= 0.6 is 11.6 Å². The Morgan fingerprint density at radius 2 is 2.10 bits per heavy atom. The van der Waals surface area contributed by atoms with Gasteiger partial charge in [-0.1, -0.05) is 11.6 Å². The second kappa shape index (κ2) is 6.76. The van der Waals surface area contributed by atoms with Gasteiger partial charge < -0.3 is 9.47 Å². The monoisotopic (exact) mass is 308 g/mol. The van der Waals surface area contributed by atoms with Crippen molar-refractivity contribution < 1.29 is 9.47 Å². The molecule has 2 aromatic rings. The predicted molar refractivity (Wildman–Crippen MR) is 80.6 cm³/mol. The third-order valence-corrected chi connectivity index (χ3v) is 2.98. The zero-order chi connectivity index (χ0) is 15.2. The lowest BCUT2D eigenvalue weighted by Gasteiger charge is -2.07. The summed E-state index contributed by atoms with van der Waals surface area (Å²) in [6.45, 7) is 0. The third-order valence-electron chi connectivity index (χ3n) is 2.60. The normalized spacial score (nSPS) is 10.6. The van der Waals surface area contributed by atoms with Crippen LogP contribution in [-0.2, 0) is 0 Å². The second-order valence-electron chi connectivity index (χ2n) is 3.91. The maximum absolute atomic E-state index is 11.3. The van der Waals surface area contributed by atoms with Crippen molar-refractivity contribution in [2.45, 2.75) is 0 Å². The fraction of sp³-hybridized carbons (Fsp3) is 0.154. The van der Waals surface area contributed by atoms with E-state index in [-0.39, 0.29) is 5.02 Å². The third kappa shape index (κ3) is 3.51. The van der Waals surface area contributed by atoms with E-state index in [1.807, 2.05) is 6.07 Å². The molecule has 110 valence electrons. The number of aromatic amines is 1. The van der Waals surface area contributed by atoms with Crippen molar-refractivity contribution in [1.82, 2.24) is 10.2 Å². The number of aromatic nitrogens is 2. The summed E-state index contributed by atoms with van der Waals surface area (Å²) in [5.74, 6) is 1.22. The summed E-state index contributed by atoms with van der Waals surface area (Å²) in [5, 5.41) is 9.83. The molecule has 0 fully saturated rings. The minimum absolute atomic E-state index is 0.00513. The zero-order valence-electron chi connectivity index (χ0n) is 11.4. The topological polar surface area (TPSA) is 88.6 Å². The number of hydrogen-bond acceptors (Lipinski definition) is 6. The number of nitrogens with zero attached hydrogens (tertiary/aromatic N) is 2. The fourth-order valence-corrected chi connectivity index (χ4v) is 1.70. The maximum atomic E-state index is 11.3. The highest BCUT2D eigenvalue weighted by atomic mass is 35.5. The molecule has 0 radical (unpaired) electrons. The van der Waals surface area contributed by atoms with Gasteiger partial charge in [-0.15, -0.1) is 0 Å². The summed E-state index contributed by atoms with van der Waals surface area (Å²) in [6.07, 6.45) is 2.93. The van der Waals surface area contributed by atoms with E-state index in [0.29, 0.717) is 17.2 Å². The minimum atomic E-state index is -0.483. The van der Waals surface area contributed by atoms with Gasteiger partial charge in [-0.05, 0) is 23.8 Å². The number of anilines is 1.